The molecule has 10 rings (SSSR count). The van der Waals surface area contributed by atoms with Gasteiger partial charge in [-0.3, -0.25) is 0 Å². The molecule has 1 spiro atoms. The number of hydrogen-bond donors (Lipinski definition) is 0. The van der Waals surface area contributed by atoms with Crippen LogP contribution in [-0.2, 0) is 5.41 Å². The molecule has 0 saturated carbocycles. The number of fused-ring (bicyclic) bond motifs is 7. The van der Waals surface area contributed by atoms with Crippen LogP contribution >= 0.6 is 0 Å². The molecule has 2 atom stereocenters. The highest BCUT2D eigenvalue weighted by molar-refractivity contribution is 6.16. The van der Waals surface area contributed by atoms with Crippen LogP contribution in [0.2, 0.25) is 0 Å². The molecule has 1 heterocycles. The van der Waals surface area contributed by atoms with Crippen LogP contribution in [0.3, 0.4) is 0 Å². The quantitative estimate of drug-likeness (QED) is 0.198. The number of hydrogen-bond acceptors (Lipinski definition) is 3. The Morgan fingerprint density at radius 2 is 1.00 bits per heavy atom. The third kappa shape index (κ3) is 3.27. The second-order valence-electron chi connectivity index (χ2n) is 12.3. The molecule has 0 N–H and O–H groups in total. The van der Waals surface area contributed by atoms with Gasteiger partial charge in [0, 0.05) is 28.5 Å². The van der Waals surface area contributed by atoms with E-state index in [4.69, 9.17) is 15.0 Å². The Bertz CT molecular complexity index is 2270. The minimum absolute atomic E-state index is 0.0840. The van der Waals surface area contributed by atoms with Gasteiger partial charge in [0.2, 0.25) is 0 Å². The first kappa shape index (κ1) is 24.7. The van der Waals surface area contributed by atoms with Crippen molar-refractivity contribution in [3.63, 3.8) is 0 Å². The predicted octanol–water partition coefficient (Wildman–Crippen LogP) is 9.53. The maximum Gasteiger partial charge on any atom is 0.164 e. The normalized spacial score (nSPS) is 18.4. The first-order chi connectivity index (χ1) is 22.3. The zero-order chi connectivity index (χ0) is 29.5. The zero-order valence-corrected chi connectivity index (χ0v) is 24.4. The van der Waals surface area contributed by atoms with Gasteiger partial charge in [0.05, 0.1) is 5.41 Å². The molecule has 3 aliphatic rings. The maximum absolute atomic E-state index is 5.19. The van der Waals surface area contributed by atoms with E-state index in [0.717, 1.165) is 22.5 Å². The third-order valence-corrected chi connectivity index (χ3v) is 10.2. The van der Waals surface area contributed by atoms with E-state index in [2.05, 4.69) is 115 Å². The average molecular weight is 574 g/mol. The van der Waals surface area contributed by atoms with Crippen molar-refractivity contribution in [1.29, 1.82) is 0 Å². The summed E-state index contributed by atoms with van der Waals surface area (Å²) >= 11 is 0. The molecule has 7 aromatic rings. The standard InChI is InChI=1S/C42H27N3/c1-3-12-28(13-4-1)39-43-40(29-14-5-2-6-15-29)45-41(44-39)31-19-11-23-35-38(31)30-18-7-8-20-32(30)42(35)33-21-9-16-26-24-25-27-17-10-22-34(42)37(27)36(26)33/h1-25,35,38H. The molecule has 3 heteroatoms. The van der Waals surface area contributed by atoms with E-state index in [-0.39, 0.29) is 17.3 Å². The Balaban J connectivity index is 1.23. The van der Waals surface area contributed by atoms with Gasteiger partial charge in [0.25, 0.3) is 0 Å². The summed E-state index contributed by atoms with van der Waals surface area (Å²) in [5.41, 5.74) is 8.34. The fourth-order valence-electron chi connectivity index (χ4n) is 8.51. The summed E-state index contributed by atoms with van der Waals surface area (Å²) in [6.45, 7) is 0. The van der Waals surface area contributed by atoms with Crippen molar-refractivity contribution >= 4 is 27.1 Å². The fraction of sp³-hybridized carbons (Fsp3) is 0.0714. The minimum atomic E-state index is -0.308. The van der Waals surface area contributed by atoms with Crippen LogP contribution in [0.4, 0.5) is 0 Å². The van der Waals surface area contributed by atoms with Gasteiger partial charge < -0.3 is 0 Å². The summed E-state index contributed by atoms with van der Waals surface area (Å²) in [7, 11) is 0. The predicted molar refractivity (Wildman–Crippen MR) is 182 cm³/mol. The maximum atomic E-state index is 5.19. The van der Waals surface area contributed by atoms with Crippen molar-refractivity contribution in [3.8, 4) is 22.8 Å². The average Bonchev–Trinajstić information content (AvgIpc) is 3.60. The number of allylic oxidation sites excluding steroid dienone is 4. The Morgan fingerprint density at radius 1 is 0.467 bits per heavy atom. The van der Waals surface area contributed by atoms with Crippen molar-refractivity contribution in [2.24, 2.45) is 5.92 Å². The molecule has 0 aliphatic heterocycles. The lowest BCUT2D eigenvalue weighted by Gasteiger charge is -2.37. The summed E-state index contributed by atoms with van der Waals surface area (Å²) in [5, 5.41) is 5.39. The number of rotatable bonds is 3. The number of nitrogens with zero attached hydrogens (tertiary/aromatic N) is 3. The Morgan fingerprint density at radius 3 is 1.62 bits per heavy atom. The largest absolute Gasteiger partial charge is 0.208 e. The third-order valence-electron chi connectivity index (χ3n) is 10.2. The highest BCUT2D eigenvalue weighted by Crippen LogP contribution is 2.66. The summed E-state index contributed by atoms with van der Waals surface area (Å²) in [6.07, 6.45) is 6.91. The van der Waals surface area contributed by atoms with Crippen molar-refractivity contribution in [2.75, 3.05) is 0 Å². The molecule has 0 bridgehead atoms. The molecule has 0 fully saturated rings. The van der Waals surface area contributed by atoms with E-state index >= 15 is 0 Å². The summed E-state index contributed by atoms with van der Waals surface area (Å²) in [6, 6.07) is 47.9. The second kappa shape index (κ2) is 9.17. The van der Waals surface area contributed by atoms with Crippen LogP contribution in [0.1, 0.15) is 34.0 Å². The first-order valence-corrected chi connectivity index (χ1v) is 15.6. The smallest absolute Gasteiger partial charge is 0.164 e. The molecular weight excluding hydrogens is 546 g/mol. The van der Waals surface area contributed by atoms with Crippen molar-refractivity contribution in [2.45, 2.75) is 11.3 Å². The molecule has 210 valence electrons. The highest BCUT2D eigenvalue weighted by atomic mass is 15.0. The highest BCUT2D eigenvalue weighted by Gasteiger charge is 2.57. The van der Waals surface area contributed by atoms with Crippen LogP contribution in [0.15, 0.2) is 152 Å². The monoisotopic (exact) mass is 573 g/mol. The molecule has 6 aromatic carbocycles. The molecule has 0 radical (unpaired) electrons. The van der Waals surface area contributed by atoms with E-state index in [9.17, 15) is 0 Å². The van der Waals surface area contributed by atoms with Gasteiger partial charge in [-0.1, -0.05) is 152 Å². The number of benzene rings is 6. The minimum Gasteiger partial charge on any atom is -0.208 e. The molecule has 2 unspecified atom stereocenters. The van der Waals surface area contributed by atoms with Crippen LogP contribution in [0.5, 0.6) is 0 Å². The van der Waals surface area contributed by atoms with Gasteiger partial charge >= 0.3 is 0 Å². The van der Waals surface area contributed by atoms with Gasteiger partial charge in [0.15, 0.2) is 17.5 Å². The molecule has 0 saturated heterocycles. The van der Waals surface area contributed by atoms with Crippen LogP contribution in [0.25, 0.3) is 49.9 Å². The lowest BCUT2D eigenvalue weighted by Crippen LogP contribution is -2.33. The Kier molecular flexibility index (Phi) is 5.04. The van der Waals surface area contributed by atoms with Crippen LogP contribution in [0, 0.1) is 5.92 Å². The van der Waals surface area contributed by atoms with Gasteiger partial charge in [0.1, 0.15) is 0 Å². The van der Waals surface area contributed by atoms with Crippen LogP contribution < -0.4 is 0 Å². The molecular formula is C42H27N3. The zero-order valence-electron chi connectivity index (χ0n) is 24.4. The van der Waals surface area contributed by atoms with E-state index in [0.29, 0.717) is 11.6 Å². The molecule has 3 aliphatic carbocycles. The van der Waals surface area contributed by atoms with Gasteiger partial charge in [-0.05, 0) is 43.8 Å². The Hall–Kier alpha value is -5.67. The van der Waals surface area contributed by atoms with Crippen LogP contribution in [-0.4, -0.2) is 15.0 Å². The summed E-state index contributed by atoms with van der Waals surface area (Å²) in [4.78, 5) is 15.4. The van der Waals surface area contributed by atoms with E-state index in [1.807, 2.05) is 36.4 Å². The van der Waals surface area contributed by atoms with Crippen molar-refractivity contribution in [1.82, 2.24) is 15.0 Å². The lowest BCUT2D eigenvalue weighted by molar-refractivity contribution is 0.472. The van der Waals surface area contributed by atoms with E-state index in [1.54, 1.807) is 0 Å². The fourth-order valence-corrected chi connectivity index (χ4v) is 8.51. The molecule has 3 nitrogen and oxygen atoms in total. The van der Waals surface area contributed by atoms with Gasteiger partial charge in [-0.25, -0.2) is 15.0 Å². The Labute approximate surface area is 261 Å². The van der Waals surface area contributed by atoms with Crippen molar-refractivity contribution < 1.29 is 0 Å². The second-order valence-corrected chi connectivity index (χ2v) is 12.3. The summed E-state index contributed by atoms with van der Waals surface area (Å²) in [5.74, 6) is 2.36. The van der Waals surface area contributed by atoms with E-state index < -0.39 is 0 Å². The van der Waals surface area contributed by atoms with Crippen molar-refractivity contribution in [3.05, 3.63) is 180 Å². The topological polar surface area (TPSA) is 38.7 Å². The lowest BCUT2D eigenvalue weighted by atomic mass is 9.64. The first-order valence-electron chi connectivity index (χ1n) is 15.6. The van der Waals surface area contributed by atoms with Gasteiger partial charge in [-0.2, -0.15) is 0 Å². The van der Waals surface area contributed by atoms with E-state index in [1.165, 1.54) is 43.8 Å². The SMILES string of the molecule is C1=CC2C(C(c3nc(-c4ccccc4)nc(-c4ccccc4)n3)=C1)c1ccccc1C21c2cccc3ccc4cccc1c4c23. The summed E-state index contributed by atoms with van der Waals surface area (Å²) < 4.78 is 0. The molecule has 0 amide bonds. The molecule has 1 aromatic heterocycles. The number of aromatic nitrogens is 3. The van der Waals surface area contributed by atoms with Gasteiger partial charge in [-0.15, -0.1) is 0 Å². The molecule has 45 heavy (non-hydrogen) atoms.